The number of fused-ring (bicyclic) bond motifs is 1. The molecule has 0 bridgehead atoms. The van der Waals surface area contributed by atoms with Crippen molar-refractivity contribution in [1.29, 1.82) is 5.26 Å². The van der Waals surface area contributed by atoms with Crippen LogP contribution in [0.2, 0.25) is 0 Å². The molecule has 1 unspecified atom stereocenters. The Hall–Kier alpha value is -2.02. The van der Waals surface area contributed by atoms with Crippen molar-refractivity contribution in [3.8, 4) is 6.07 Å². The molecule has 1 atom stereocenters. The van der Waals surface area contributed by atoms with E-state index < -0.39 is 0 Å². The molecule has 1 amide bonds. The summed E-state index contributed by atoms with van der Waals surface area (Å²) >= 11 is 0. The highest BCUT2D eigenvalue weighted by molar-refractivity contribution is 5.88. The van der Waals surface area contributed by atoms with Crippen molar-refractivity contribution in [2.24, 2.45) is 0 Å². The highest BCUT2D eigenvalue weighted by Gasteiger charge is 2.29. The number of likely N-dealkylation sites (N-methyl/N-ethyl adjacent to an activating group) is 1. The van der Waals surface area contributed by atoms with Gasteiger partial charge in [0.15, 0.2) is 0 Å². The molecule has 88 valence electrons. The normalized spacial score (nSPS) is 16.8. The average molecular weight is 229 g/mol. The van der Waals surface area contributed by atoms with E-state index in [1.54, 1.807) is 11.9 Å². The molecular weight excluding hydrogens is 214 g/mol. The quantitative estimate of drug-likeness (QED) is 0.855. The molecule has 0 radical (unpaired) electrons. The van der Waals surface area contributed by atoms with Gasteiger partial charge in [-0.1, -0.05) is 18.2 Å². The number of para-hydroxylation sites is 1. The second-order valence-corrected chi connectivity index (χ2v) is 4.19. The molecule has 1 aromatic rings. The number of hydrogen-bond acceptors (Lipinski definition) is 3. The predicted molar refractivity (Wildman–Crippen MR) is 65.5 cm³/mol. The number of carbonyl (C=O) groups excluding carboxylic acids is 1. The van der Waals surface area contributed by atoms with E-state index >= 15 is 0 Å². The molecule has 1 aliphatic heterocycles. The first-order chi connectivity index (χ1) is 8.24. The largest absolute Gasteiger partial charge is 0.384 e. The van der Waals surface area contributed by atoms with Gasteiger partial charge in [-0.2, -0.15) is 5.26 Å². The summed E-state index contributed by atoms with van der Waals surface area (Å²) in [6.07, 6.45) is 0.379. The van der Waals surface area contributed by atoms with E-state index in [4.69, 9.17) is 5.26 Å². The van der Waals surface area contributed by atoms with Crippen molar-refractivity contribution in [2.45, 2.75) is 12.3 Å². The Labute approximate surface area is 101 Å². The third kappa shape index (κ3) is 2.23. The van der Waals surface area contributed by atoms with Crippen LogP contribution in [0.1, 0.15) is 17.9 Å². The van der Waals surface area contributed by atoms with Crippen LogP contribution < -0.4 is 5.32 Å². The van der Waals surface area contributed by atoms with Crippen molar-refractivity contribution in [3.05, 3.63) is 29.8 Å². The molecule has 1 aromatic carbocycles. The topological polar surface area (TPSA) is 56.1 Å². The van der Waals surface area contributed by atoms with Crippen LogP contribution in [0.15, 0.2) is 24.3 Å². The minimum atomic E-state index is -0.116. The predicted octanol–water partition coefficient (Wildman–Crippen LogP) is 1.57. The van der Waals surface area contributed by atoms with Gasteiger partial charge >= 0.3 is 0 Å². The van der Waals surface area contributed by atoms with Crippen LogP contribution in [-0.2, 0) is 4.79 Å². The summed E-state index contributed by atoms with van der Waals surface area (Å²) in [5, 5.41) is 11.7. The maximum absolute atomic E-state index is 12.2. The third-order valence-electron chi connectivity index (χ3n) is 3.07. The van der Waals surface area contributed by atoms with Gasteiger partial charge in [0.1, 0.15) is 0 Å². The zero-order chi connectivity index (χ0) is 12.3. The molecule has 4 heteroatoms. The molecule has 17 heavy (non-hydrogen) atoms. The lowest BCUT2D eigenvalue weighted by Crippen LogP contribution is -2.33. The van der Waals surface area contributed by atoms with Gasteiger partial charge in [-0.25, -0.2) is 0 Å². The molecule has 1 heterocycles. The molecule has 0 fully saturated rings. The summed E-state index contributed by atoms with van der Waals surface area (Å²) in [6.45, 7) is 1.14. The molecule has 1 aliphatic rings. The monoisotopic (exact) mass is 229 g/mol. The van der Waals surface area contributed by atoms with Crippen LogP contribution in [-0.4, -0.2) is 30.9 Å². The first-order valence-electron chi connectivity index (χ1n) is 5.68. The fourth-order valence-electron chi connectivity index (χ4n) is 2.10. The van der Waals surface area contributed by atoms with Crippen molar-refractivity contribution < 1.29 is 4.79 Å². The number of nitrogens with zero attached hydrogens (tertiary/aromatic N) is 2. The summed E-state index contributed by atoms with van der Waals surface area (Å²) in [6, 6.07) is 9.92. The van der Waals surface area contributed by atoms with E-state index in [1.807, 2.05) is 24.3 Å². The van der Waals surface area contributed by atoms with E-state index in [1.165, 1.54) is 0 Å². The van der Waals surface area contributed by atoms with E-state index in [0.29, 0.717) is 19.5 Å². The van der Waals surface area contributed by atoms with Gasteiger partial charge in [0.2, 0.25) is 5.91 Å². The standard InChI is InChI=1S/C13H15N3O/c1-16(8-4-7-14)13(17)11-9-15-12-6-3-2-5-10(11)12/h2-3,5-6,11,15H,4,8-9H2,1H3. The molecular formula is C13H15N3O. The maximum atomic E-state index is 12.2. The summed E-state index contributed by atoms with van der Waals surface area (Å²) in [4.78, 5) is 13.8. The number of hydrogen-bond donors (Lipinski definition) is 1. The van der Waals surface area contributed by atoms with Crippen LogP contribution in [0.4, 0.5) is 5.69 Å². The maximum Gasteiger partial charge on any atom is 0.231 e. The Balaban J connectivity index is 2.10. The van der Waals surface area contributed by atoms with Gasteiger partial charge in [0.25, 0.3) is 0 Å². The number of nitrogens with one attached hydrogen (secondary N) is 1. The SMILES string of the molecule is CN(CCC#N)C(=O)C1CNc2ccccc21. The lowest BCUT2D eigenvalue weighted by atomic mass is 10.00. The molecule has 0 spiro atoms. The van der Waals surface area contributed by atoms with Gasteiger partial charge in [-0.15, -0.1) is 0 Å². The van der Waals surface area contributed by atoms with Crippen molar-refractivity contribution in [3.63, 3.8) is 0 Å². The molecule has 1 N–H and O–H groups in total. The number of carbonyl (C=O) groups is 1. The Morgan fingerprint density at radius 2 is 2.35 bits per heavy atom. The molecule has 0 saturated carbocycles. The second kappa shape index (κ2) is 4.88. The van der Waals surface area contributed by atoms with E-state index in [-0.39, 0.29) is 11.8 Å². The Morgan fingerprint density at radius 1 is 1.59 bits per heavy atom. The van der Waals surface area contributed by atoms with Crippen LogP contribution in [0.5, 0.6) is 0 Å². The number of amides is 1. The average Bonchev–Trinajstić information content (AvgIpc) is 2.78. The first-order valence-corrected chi connectivity index (χ1v) is 5.68. The van der Waals surface area contributed by atoms with Crippen LogP contribution in [0.25, 0.3) is 0 Å². The lowest BCUT2D eigenvalue weighted by Gasteiger charge is -2.19. The number of rotatable bonds is 3. The number of nitriles is 1. The Morgan fingerprint density at radius 3 is 3.12 bits per heavy atom. The Kier molecular flexibility index (Phi) is 3.29. The third-order valence-corrected chi connectivity index (χ3v) is 3.07. The minimum Gasteiger partial charge on any atom is -0.384 e. The fraction of sp³-hybridized carbons (Fsp3) is 0.385. The van der Waals surface area contributed by atoms with Gasteiger partial charge in [-0.05, 0) is 11.6 Å². The molecule has 2 rings (SSSR count). The van der Waals surface area contributed by atoms with Gasteiger partial charge in [0, 0.05) is 25.8 Å². The zero-order valence-electron chi connectivity index (χ0n) is 9.81. The molecule has 0 saturated heterocycles. The van der Waals surface area contributed by atoms with E-state index in [9.17, 15) is 4.79 Å². The molecule has 0 aromatic heterocycles. The number of anilines is 1. The van der Waals surface area contributed by atoms with Gasteiger partial charge < -0.3 is 10.2 Å². The molecule has 0 aliphatic carbocycles. The summed E-state index contributed by atoms with van der Waals surface area (Å²) in [7, 11) is 1.75. The van der Waals surface area contributed by atoms with E-state index in [2.05, 4.69) is 11.4 Å². The Bertz CT molecular complexity index is 464. The number of benzene rings is 1. The zero-order valence-corrected chi connectivity index (χ0v) is 9.81. The smallest absolute Gasteiger partial charge is 0.231 e. The second-order valence-electron chi connectivity index (χ2n) is 4.19. The minimum absolute atomic E-state index is 0.0812. The van der Waals surface area contributed by atoms with Crippen molar-refractivity contribution >= 4 is 11.6 Å². The van der Waals surface area contributed by atoms with Crippen molar-refractivity contribution in [1.82, 2.24) is 4.90 Å². The summed E-state index contributed by atoms with van der Waals surface area (Å²) in [5.74, 6) is -0.0346. The van der Waals surface area contributed by atoms with Crippen molar-refractivity contribution in [2.75, 3.05) is 25.5 Å². The fourth-order valence-corrected chi connectivity index (χ4v) is 2.10. The highest BCUT2D eigenvalue weighted by Crippen LogP contribution is 2.31. The lowest BCUT2D eigenvalue weighted by molar-refractivity contribution is -0.131. The van der Waals surface area contributed by atoms with Crippen LogP contribution in [0.3, 0.4) is 0 Å². The first kappa shape index (κ1) is 11.5. The van der Waals surface area contributed by atoms with Crippen LogP contribution >= 0.6 is 0 Å². The van der Waals surface area contributed by atoms with Crippen LogP contribution in [0, 0.1) is 11.3 Å². The van der Waals surface area contributed by atoms with Gasteiger partial charge in [0.05, 0.1) is 18.4 Å². The van der Waals surface area contributed by atoms with E-state index in [0.717, 1.165) is 11.3 Å². The summed E-state index contributed by atoms with van der Waals surface area (Å²) in [5.41, 5.74) is 2.10. The summed E-state index contributed by atoms with van der Waals surface area (Å²) < 4.78 is 0. The molecule has 4 nitrogen and oxygen atoms in total. The highest BCUT2D eigenvalue weighted by atomic mass is 16.2. The van der Waals surface area contributed by atoms with Gasteiger partial charge in [-0.3, -0.25) is 4.79 Å².